The van der Waals surface area contributed by atoms with Crippen LogP contribution in [0.2, 0.25) is 0 Å². The minimum atomic E-state index is -0.380. The lowest BCUT2D eigenvalue weighted by Gasteiger charge is -2.14. The Labute approximate surface area is 152 Å². The van der Waals surface area contributed by atoms with E-state index in [9.17, 15) is 9.59 Å². The zero-order valence-corrected chi connectivity index (χ0v) is 15.3. The van der Waals surface area contributed by atoms with Crippen LogP contribution in [0.15, 0.2) is 48.0 Å². The lowest BCUT2D eigenvalue weighted by atomic mass is 9.96. The van der Waals surface area contributed by atoms with E-state index in [1.807, 2.05) is 32.0 Å². The summed E-state index contributed by atoms with van der Waals surface area (Å²) in [4.78, 5) is 25.7. The molecule has 0 saturated heterocycles. The molecule has 1 amide bonds. The Kier molecular flexibility index (Phi) is 4.80. The molecule has 5 nitrogen and oxygen atoms in total. The molecule has 0 spiro atoms. The smallest absolute Gasteiger partial charge is 0.256 e. The van der Waals surface area contributed by atoms with Gasteiger partial charge >= 0.3 is 0 Å². The van der Waals surface area contributed by atoms with Crippen LogP contribution in [-0.4, -0.2) is 32.0 Å². The molecule has 0 fully saturated rings. The Bertz CT molecular complexity index is 912. The van der Waals surface area contributed by atoms with Gasteiger partial charge in [0.25, 0.3) is 5.91 Å². The van der Waals surface area contributed by atoms with Gasteiger partial charge in [0.2, 0.25) is 0 Å². The Morgan fingerprint density at radius 1 is 0.962 bits per heavy atom. The number of carbonyl (C=O) groups is 2. The summed E-state index contributed by atoms with van der Waals surface area (Å²) in [5.74, 6) is 0.524. The highest BCUT2D eigenvalue weighted by molar-refractivity contribution is 6.36. The van der Waals surface area contributed by atoms with Crippen molar-refractivity contribution in [2.45, 2.75) is 19.9 Å². The van der Waals surface area contributed by atoms with Crippen molar-refractivity contribution in [3.63, 3.8) is 0 Å². The monoisotopic (exact) mass is 351 g/mol. The summed E-state index contributed by atoms with van der Waals surface area (Å²) in [5.41, 5.74) is 2.66. The third kappa shape index (κ3) is 2.96. The summed E-state index contributed by atoms with van der Waals surface area (Å²) in [6.45, 7) is 3.72. The van der Waals surface area contributed by atoms with Gasteiger partial charge in [-0.1, -0.05) is 24.3 Å². The number of hydrogen-bond donors (Lipinski definition) is 1. The van der Waals surface area contributed by atoms with E-state index in [2.05, 4.69) is 5.32 Å². The Balaban J connectivity index is 2.26. The number of methoxy groups -OCH3 is 2. The van der Waals surface area contributed by atoms with Crippen LogP contribution in [0.4, 0.5) is 0 Å². The fourth-order valence-electron chi connectivity index (χ4n) is 3.12. The summed E-state index contributed by atoms with van der Waals surface area (Å²) in [7, 11) is 3.12. The minimum absolute atomic E-state index is 0.0782. The maximum absolute atomic E-state index is 12.9. The zero-order valence-electron chi connectivity index (χ0n) is 15.3. The zero-order chi connectivity index (χ0) is 18.8. The molecular formula is C21H21NO4. The van der Waals surface area contributed by atoms with Crippen molar-refractivity contribution >= 4 is 17.3 Å². The van der Waals surface area contributed by atoms with Crippen LogP contribution < -0.4 is 14.8 Å². The van der Waals surface area contributed by atoms with Crippen molar-refractivity contribution < 1.29 is 19.1 Å². The minimum Gasteiger partial charge on any atom is -0.497 e. The first-order valence-corrected chi connectivity index (χ1v) is 8.39. The number of benzene rings is 2. The molecule has 26 heavy (non-hydrogen) atoms. The lowest BCUT2D eigenvalue weighted by Crippen LogP contribution is -2.33. The Morgan fingerprint density at radius 3 is 2.27 bits per heavy atom. The van der Waals surface area contributed by atoms with E-state index in [-0.39, 0.29) is 23.3 Å². The average Bonchev–Trinajstić information content (AvgIpc) is 2.93. The summed E-state index contributed by atoms with van der Waals surface area (Å²) in [5, 5.41) is 2.83. The first-order chi connectivity index (χ1) is 12.5. The number of hydrogen-bond acceptors (Lipinski definition) is 4. The highest BCUT2D eigenvalue weighted by Gasteiger charge is 2.35. The molecular weight excluding hydrogens is 330 g/mol. The molecule has 0 unspecified atom stereocenters. The van der Waals surface area contributed by atoms with Gasteiger partial charge in [0.05, 0.1) is 19.8 Å². The van der Waals surface area contributed by atoms with Gasteiger partial charge in [0.15, 0.2) is 5.78 Å². The molecule has 0 saturated carbocycles. The molecule has 0 heterocycles. The molecule has 134 valence electrons. The normalized spacial score (nSPS) is 13.0. The summed E-state index contributed by atoms with van der Waals surface area (Å²) >= 11 is 0. The van der Waals surface area contributed by atoms with E-state index in [4.69, 9.17) is 9.47 Å². The maximum atomic E-state index is 12.9. The van der Waals surface area contributed by atoms with Gasteiger partial charge in [0.1, 0.15) is 11.5 Å². The summed E-state index contributed by atoms with van der Waals surface area (Å²) in [6, 6.07) is 12.5. The second-order valence-corrected chi connectivity index (χ2v) is 6.32. The second kappa shape index (κ2) is 7.04. The number of carbonyl (C=O) groups excluding carboxylic acids is 2. The van der Waals surface area contributed by atoms with Gasteiger partial charge < -0.3 is 14.8 Å². The van der Waals surface area contributed by atoms with Gasteiger partial charge in [-0.15, -0.1) is 0 Å². The Morgan fingerprint density at radius 2 is 1.65 bits per heavy atom. The Hall–Kier alpha value is -3.08. The van der Waals surface area contributed by atoms with Crippen LogP contribution >= 0.6 is 0 Å². The van der Waals surface area contributed by atoms with E-state index in [1.165, 1.54) is 0 Å². The third-order valence-corrected chi connectivity index (χ3v) is 4.24. The maximum Gasteiger partial charge on any atom is 0.256 e. The molecule has 1 aliphatic rings. The van der Waals surface area contributed by atoms with Gasteiger partial charge in [-0.25, -0.2) is 0 Å². The number of amides is 1. The number of ether oxygens (including phenoxy) is 2. The van der Waals surface area contributed by atoms with E-state index in [0.29, 0.717) is 28.2 Å². The van der Waals surface area contributed by atoms with E-state index >= 15 is 0 Å². The summed E-state index contributed by atoms with van der Waals surface area (Å²) in [6.07, 6.45) is 0. The summed E-state index contributed by atoms with van der Waals surface area (Å²) < 4.78 is 10.8. The topological polar surface area (TPSA) is 64.6 Å². The number of nitrogens with one attached hydrogen (secondary N) is 1. The quantitative estimate of drug-likeness (QED) is 0.840. The standard InChI is InChI=1S/C21H21NO4/c1-12(2)22-21(24)19-18(14-7-5-6-8-15(14)20(19)23)16-10-9-13(25-3)11-17(16)26-4/h5-12H,1-4H3,(H,22,24). The first-order valence-electron chi connectivity index (χ1n) is 8.39. The molecule has 1 aliphatic carbocycles. The van der Waals surface area contributed by atoms with E-state index in [0.717, 1.165) is 5.56 Å². The largest absolute Gasteiger partial charge is 0.497 e. The molecule has 2 aromatic rings. The van der Waals surface area contributed by atoms with Crippen molar-refractivity contribution in [2.24, 2.45) is 0 Å². The van der Waals surface area contributed by atoms with Crippen molar-refractivity contribution in [1.29, 1.82) is 0 Å². The van der Waals surface area contributed by atoms with Crippen LogP contribution in [-0.2, 0) is 4.79 Å². The molecule has 1 N–H and O–H groups in total. The van der Waals surface area contributed by atoms with Crippen molar-refractivity contribution in [1.82, 2.24) is 5.32 Å². The molecule has 0 bridgehead atoms. The molecule has 0 atom stereocenters. The average molecular weight is 351 g/mol. The van der Waals surface area contributed by atoms with Crippen molar-refractivity contribution in [3.05, 3.63) is 64.7 Å². The molecule has 0 aromatic heterocycles. The van der Waals surface area contributed by atoms with Crippen LogP contribution in [0.5, 0.6) is 11.5 Å². The fourth-order valence-corrected chi connectivity index (χ4v) is 3.12. The van der Waals surface area contributed by atoms with Crippen LogP contribution in [0.25, 0.3) is 5.57 Å². The predicted octanol–water partition coefficient (Wildman–Crippen LogP) is 3.23. The predicted molar refractivity (Wildman–Crippen MR) is 99.6 cm³/mol. The van der Waals surface area contributed by atoms with Gasteiger partial charge in [-0.2, -0.15) is 0 Å². The molecule has 3 rings (SSSR count). The van der Waals surface area contributed by atoms with Crippen LogP contribution in [0.3, 0.4) is 0 Å². The number of rotatable bonds is 5. The van der Waals surface area contributed by atoms with Crippen LogP contribution in [0.1, 0.15) is 35.3 Å². The third-order valence-electron chi connectivity index (χ3n) is 4.24. The first kappa shape index (κ1) is 17.7. The fraction of sp³-hybridized carbons (Fsp3) is 0.238. The molecule has 2 aromatic carbocycles. The molecule has 0 radical (unpaired) electrons. The highest BCUT2D eigenvalue weighted by Crippen LogP contribution is 2.42. The van der Waals surface area contributed by atoms with Crippen molar-refractivity contribution in [2.75, 3.05) is 14.2 Å². The molecule has 0 aliphatic heterocycles. The number of fused-ring (bicyclic) bond motifs is 1. The SMILES string of the molecule is COc1ccc(C2=C(C(=O)NC(C)C)C(=O)c3ccccc32)c(OC)c1. The lowest BCUT2D eigenvalue weighted by molar-refractivity contribution is -0.117. The highest BCUT2D eigenvalue weighted by atomic mass is 16.5. The molecule has 5 heteroatoms. The van der Waals surface area contributed by atoms with E-state index < -0.39 is 0 Å². The number of ketones is 1. The van der Waals surface area contributed by atoms with Gasteiger partial charge in [-0.05, 0) is 31.5 Å². The van der Waals surface area contributed by atoms with Gasteiger partial charge in [0, 0.05) is 28.8 Å². The van der Waals surface area contributed by atoms with E-state index in [1.54, 1.807) is 38.5 Å². The number of Topliss-reactive ketones (excluding diaryl/α,β-unsaturated/α-hetero) is 1. The second-order valence-electron chi connectivity index (χ2n) is 6.32. The van der Waals surface area contributed by atoms with Crippen LogP contribution in [0, 0.1) is 0 Å². The van der Waals surface area contributed by atoms with Gasteiger partial charge in [-0.3, -0.25) is 9.59 Å². The van der Waals surface area contributed by atoms with Crippen molar-refractivity contribution in [3.8, 4) is 11.5 Å².